The van der Waals surface area contributed by atoms with Gasteiger partial charge in [-0.1, -0.05) is 17.7 Å². The molecule has 1 atom stereocenters. The van der Waals surface area contributed by atoms with E-state index in [1.807, 2.05) is 0 Å². The number of amides is 1. The summed E-state index contributed by atoms with van der Waals surface area (Å²) in [7, 11) is 1.66. The number of hydrogen-bond acceptors (Lipinski definition) is 2. The van der Waals surface area contributed by atoms with E-state index in [1.54, 1.807) is 29.9 Å². The lowest BCUT2D eigenvalue weighted by Gasteiger charge is -2.15. The minimum absolute atomic E-state index is 0.104. The summed E-state index contributed by atoms with van der Waals surface area (Å²) in [6, 6.07) is 5.45. The minimum Gasteiger partial charge on any atom is -0.479 e. The van der Waals surface area contributed by atoms with Gasteiger partial charge in [0.25, 0.3) is 5.91 Å². The van der Waals surface area contributed by atoms with E-state index >= 15 is 0 Å². The monoisotopic (exact) mass is 310 g/mol. The zero-order valence-corrected chi connectivity index (χ0v) is 11.8. The zero-order chi connectivity index (χ0) is 15.6. The van der Waals surface area contributed by atoms with Crippen LogP contribution in [0.15, 0.2) is 36.5 Å². The predicted molar refractivity (Wildman–Crippen MR) is 74.7 cm³/mol. The van der Waals surface area contributed by atoms with Crippen molar-refractivity contribution in [2.45, 2.75) is 6.04 Å². The van der Waals surface area contributed by atoms with Gasteiger partial charge in [-0.05, 0) is 29.8 Å². The first-order valence-electron chi connectivity index (χ1n) is 6.00. The van der Waals surface area contributed by atoms with E-state index < -0.39 is 23.7 Å². The Morgan fingerprint density at radius 1 is 1.38 bits per heavy atom. The maximum atomic E-state index is 13.4. The van der Waals surface area contributed by atoms with Crippen LogP contribution in [-0.2, 0) is 11.8 Å². The zero-order valence-electron chi connectivity index (χ0n) is 11.0. The molecule has 0 radical (unpaired) electrons. The molecular formula is C14H12ClFN2O3. The van der Waals surface area contributed by atoms with Gasteiger partial charge in [-0.3, -0.25) is 4.79 Å². The molecule has 0 aliphatic carbocycles. The van der Waals surface area contributed by atoms with Crippen LogP contribution in [0.25, 0.3) is 0 Å². The third kappa shape index (κ3) is 3.22. The number of nitrogens with one attached hydrogen (secondary N) is 1. The molecular weight excluding hydrogens is 299 g/mol. The lowest BCUT2D eigenvalue weighted by Crippen LogP contribution is -2.34. The van der Waals surface area contributed by atoms with Crippen molar-refractivity contribution in [1.82, 2.24) is 9.88 Å². The molecule has 1 aromatic carbocycles. The molecule has 0 aliphatic rings. The fourth-order valence-corrected chi connectivity index (χ4v) is 2.00. The molecule has 110 valence electrons. The van der Waals surface area contributed by atoms with Crippen molar-refractivity contribution in [3.63, 3.8) is 0 Å². The first-order valence-corrected chi connectivity index (χ1v) is 6.38. The van der Waals surface area contributed by atoms with Gasteiger partial charge < -0.3 is 15.0 Å². The molecule has 2 aromatic rings. The number of aromatic nitrogens is 1. The van der Waals surface area contributed by atoms with Gasteiger partial charge in [0.05, 0.1) is 5.02 Å². The Bertz CT molecular complexity index is 699. The van der Waals surface area contributed by atoms with E-state index in [0.717, 1.165) is 6.07 Å². The summed E-state index contributed by atoms with van der Waals surface area (Å²) in [5.74, 6) is -2.60. The summed E-state index contributed by atoms with van der Waals surface area (Å²) in [4.78, 5) is 23.4. The molecule has 0 fully saturated rings. The molecule has 5 nitrogen and oxygen atoms in total. The number of carboxylic acids is 1. The fraction of sp³-hybridized carbons (Fsp3) is 0.143. The molecule has 1 aromatic heterocycles. The van der Waals surface area contributed by atoms with Gasteiger partial charge in [0.2, 0.25) is 0 Å². The van der Waals surface area contributed by atoms with Gasteiger partial charge in [-0.25, -0.2) is 9.18 Å². The molecule has 0 saturated heterocycles. The van der Waals surface area contributed by atoms with Crippen LogP contribution in [0.5, 0.6) is 0 Å². The molecule has 1 amide bonds. The Labute approximate surface area is 125 Å². The fourth-order valence-electron chi connectivity index (χ4n) is 1.88. The maximum Gasteiger partial charge on any atom is 0.330 e. The Balaban J connectivity index is 2.28. The van der Waals surface area contributed by atoms with Crippen molar-refractivity contribution >= 4 is 23.5 Å². The number of nitrogens with zero attached hydrogens (tertiary/aromatic N) is 1. The van der Waals surface area contributed by atoms with Crippen LogP contribution >= 0.6 is 11.6 Å². The van der Waals surface area contributed by atoms with Crippen molar-refractivity contribution in [2.75, 3.05) is 0 Å². The van der Waals surface area contributed by atoms with E-state index in [2.05, 4.69) is 5.32 Å². The van der Waals surface area contributed by atoms with Gasteiger partial charge >= 0.3 is 5.97 Å². The van der Waals surface area contributed by atoms with Gasteiger partial charge in [-0.2, -0.15) is 0 Å². The van der Waals surface area contributed by atoms with E-state index in [1.165, 1.54) is 12.1 Å². The smallest absolute Gasteiger partial charge is 0.330 e. The molecule has 0 saturated carbocycles. The third-order valence-electron chi connectivity index (χ3n) is 2.98. The highest BCUT2D eigenvalue weighted by Gasteiger charge is 2.24. The lowest BCUT2D eigenvalue weighted by atomic mass is 10.1. The predicted octanol–water partition coefficient (Wildman–Crippen LogP) is 2.37. The molecule has 2 rings (SSSR count). The van der Waals surface area contributed by atoms with E-state index in [-0.39, 0.29) is 10.6 Å². The standard InChI is InChI=1S/C14H12ClFN2O3/c1-18-6-2-3-11(18)13(19)17-12(14(20)21)8-4-5-9(15)10(16)7-8/h2-7,12H,1H3,(H,17,19)(H,20,21). The quantitative estimate of drug-likeness (QED) is 0.910. The first kappa shape index (κ1) is 15.1. The average Bonchev–Trinajstić information content (AvgIpc) is 2.85. The molecule has 21 heavy (non-hydrogen) atoms. The Kier molecular flexibility index (Phi) is 4.28. The summed E-state index contributed by atoms with van der Waals surface area (Å²) < 4.78 is 15.0. The van der Waals surface area contributed by atoms with Crippen LogP contribution in [-0.4, -0.2) is 21.6 Å². The van der Waals surface area contributed by atoms with Crippen LogP contribution in [0.1, 0.15) is 22.1 Å². The van der Waals surface area contributed by atoms with Gasteiger partial charge in [0.1, 0.15) is 11.5 Å². The SMILES string of the molecule is Cn1cccc1C(=O)NC(C(=O)O)c1ccc(Cl)c(F)c1. The Morgan fingerprint density at radius 3 is 2.62 bits per heavy atom. The van der Waals surface area contributed by atoms with Crippen molar-refractivity contribution in [2.24, 2.45) is 7.05 Å². The second kappa shape index (κ2) is 5.97. The van der Waals surface area contributed by atoms with Crippen LogP contribution in [0.2, 0.25) is 5.02 Å². The molecule has 1 unspecified atom stereocenters. The highest BCUT2D eigenvalue weighted by atomic mass is 35.5. The summed E-state index contributed by atoms with van der Waals surface area (Å²) in [5.41, 5.74) is 0.405. The molecule has 2 N–H and O–H groups in total. The summed E-state index contributed by atoms with van der Waals surface area (Å²) >= 11 is 5.56. The second-order valence-electron chi connectivity index (χ2n) is 4.42. The van der Waals surface area contributed by atoms with Crippen LogP contribution in [0.4, 0.5) is 4.39 Å². The number of aliphatic carboxylic acids is 1. The summed E-state index contributed by atoms with van der Waals surface area (Å²) in [5, 5.41) is 11.5. The van der Waals surface area contributed by atoms with Crippen LogP contribution in [0.3, 0.4) is 0 Å². The number of rotatable bonds is 4. The third-order valence-corrected chi connectivity index (χ3v) is 3.28. The largest absolute Gasteiger partial charge is 0.479 e. The van der Waals surface area contributed by atoms with Crippen LogP contribution < -0.4 is 5.32 Å². The van der Waals surface area contributed by atoms with Gasteiger partial charge in [0.15, 0.2) is 6.04 Å². The van der Waals surface area contributed by atoms with Crippen LogP contribution in [0, 0.1) is 5.82 Å². The lowest BCUT2D eigenvalue weighted by molar-refractivity contribution is -0.139. The molecule has 0 spiro atoms. The number of carbonyl (C=O) groups is 2. The minimum atomic E-state index is -1.36. The molecule has 0 aliphatic heterocycles. The number of hydrogen-bond donors (Lipinski definition) is 2. The van der Waals surface area contributed by atoms with Crippen molar-refractivity contribution < 1.29 is 19.1 Å². The van der Waals surface area contributed by atoms with E-state index in [4.69, 9.17) is 11.6 Å². The van der Waals surface area contributed by atoms with Gasteiger partial charge in [-0.15, -0.1) is 0 Å². The van der Waals surface area contributed by atoms with Crippen molar-refractivity contribution in [1.29, 1.82) is 0 Å². The number of benzene rings is 1. The molecule has 7 heteroatoms. The Morgan fingerprint density at radius 2 is 2.10 bits per heavy atom. The highest BCUT2D eigenvalue weighted by molar-refractivity contribution is 6.30. The number of carbonyl (C=O) groups excluding carboxylic acids is 1. The normalized spacial score (nSPS) is 12.0. The van der Waals surface area contributed by atoms with E-state index in [0.29, 0.717) is 5.69 Å². The topological polar surface area (TPSA) is 71.3 Å². The van der Waals surface area contributed by atoms with Gasteiger partial charge in [0, 0.05) is 13.2 Å². The average molecular weight is 311 g/mol. The first-order chi connectivity index (χ1) is 9.90. The summed E-state index contributed by atoms with van der Waals surface area (Å²) in [6.45, 7) is 0. The molecule has 1 heterocycles. The number of halogens is 2. The summed E-state index contributed by atoms with van der Waals surface area (Å²) in [6.07, 6.45) is 1.66. The number of aryl methyl sites for hydroxylation is 1. The second-order valence-corrected chi connectivity index (χ2v) is 4.83. The number of carboxylic acid groups (broad SMARTS) is 1. The molecule has 0 bridgehead atoms. The van der Waals surface area contributed by atoms with Crippen molar-refractivity contribution in [3.05, 3.63) is 58.6 Å². The maximum absolute atomic E-state index is 13.4. The van der Waals surface area contributed by atoms with Crippen molar-refractivity contribution in [3.8, 4) is 0 Å². The van der Waals surface area contributed by atoms with E-state index in [9.17, 15) is 19.1 Å². The Hall–Kier alpha value is -2.34. The highest BCUT2D eigenvalue weighted by Crippen LogP contribution is 2.21.